The van der Waals surface area contributed by atoms with Crippen molar-refractivity contribution >= 4 is 21.6 Å². The Morgan fingerprint density at radius 2 is 2.29 bits per heavy atom. The number of rotatable bonds is 6. The molecule has 1 rings (SSSR count). The first kappa shape index (κ1) is 13.9. The number of hydrogen-bond donors (Lipinski definition) is 1. The third-order valence-electron chi connectivity index (χ3n) is 2.03. The fourth-order valence-corrected chi connectivity index (χ4v) is 1.54. The molecular weight excluding hydrogens is 295 g/mol. The number of nitro benzene ring substituents is 1. The van der Waals surface area contributed by atoms with Crippen LogP contribution in [-0.4, -0.2) is 25.1 Å². The van der Waals surface area contributed by atoms with Crippen LogP contribution in [0.2, 0.25) is 0 Å². The topological polar surface area (TPSA) is 64.4 Å². The normalized spacial score (nSPS) is 10.3. The molecule has 1 N–H and O–H groups in total. The van der Waals surface area contributed by atoms with Gasteiger partial charge in [-0.1, -0.05) is 0 Å². The summed E-state index contributed by atoms with van der Waals surface area (Å²) in [6, 6.07) is 2.12. The van der Waals surface area contributed by atoms with Gasteiger partial charge in [-0.15, -0.1) is 0 Å². The van der Waals surface area contributed by atoms with Gasteiger partial charge in [0, 0.05) is 12.1 Å². The smallest absolute Gasteiger partial charge is 0.312 e. The van der Waals surface area contributed by atoms with Crippen LogP contribution in [0.25, 0.3) is 0 Å². The zero-order chi connectivity index (χ0) is 12.8. The first-order chi connectivity index (χ1) is 8.06. The van der Waals surface area contributed by atoms with Crippen LogP contribution < -0.4 is 10.1 Å². The number of benzene rings is 1. The molecule has 17 heavy (non-hydrogen) atoms. The summed E-state index contributed by atoms with van der Waals surface area (Å²) in [5, 5.41) is 13.7. The second kappa shape index (κ2) is 6.51. The van der Waals surface area contributed by atoms with Gasteiger partial charge < -0.3 is 10.1 Å². The van der Waals surface area contributed by atoms with Crippen molar-refractivity contribution in [2.45, 2.75) is 6.42 Å². The molecule has 0 bridgehead atoms. The van der Waals surface area contributed by atoms with Crippen LogP contribution in [-0.2, 0) is 0 Å². The van der Waals surface area contributed by atoms with Crippen molar-refractivity contribution < 1.29 is 14.1 Å². The molecule has 1 aromatic carbocycles. The van der Waals surface area contributed by atoms with Crippen molar-refractivity contribution in [3.8, 4) is 5.75 Å². The molecule has 0 spiro atoms. The Bertz CT molecular complexity index is 415. The quantitative estimate of drug-likeness (QED) is 0.498. The highest BCUT2D eigenvalue weighted by Crippen LogP contribution is 2.32. The van der Waals surface area contributed by atoms with E-state index in [9.17, 15) is 14.5 Å². The molecule has 0 aromatic heterocycles. The number of nitrogens with zero attached hydrogens (tertiary/aromatic N) is 1. The summed E-state index contributed by atoms with van der Waals surface area (Å²) >= 11 is 2.90. The fourth-order valence-electron chi connectivity index (χ4n) is 1.21. The summed E-state index contributed by atoms with van der Waals surface area (Å²) in [4.78, 5) is 10.1. The van der Waals surface area contributed by atoms with E-state index in [1.165, 1.54) is 0 Å². The number of nitrogens with one attached hydrogen (secondary N) is 1. The summed E-state index contributed by atoms with van der Waals surface area (Å²) in [6.45, 7) is 1.02. The van der Waals surface area contributed by atoms with Crippen LogP contribution >= 0.6 is 15.9 Å². The van der Waals surface area contributed by atoms with Gasteiger partial charge in [0.1, 0.15) is 5.82 Å². The summed E-state index contributed by atoms with van der Waals surface area (Å²) in [6.07, 6.45) is 0.686. The average molecular weight is 307 g/mol. The third-order valence-corrected chi connectivity index (χ3v) is 2.63. The van der Waals surface area contributed by atoms with Crippen molar-refractivity contribution in [3.05, 3.63) is 32.5 Å². The van der Waals surface area contributed by atoms with E-state index in [2.05, 4.69) is 21.2 Å². The van der Waals surface area contributed by atoms with Crippen LogP contribution in [0.1, 0.15) is 6.42 Å². The van der Waals surface area contributed by atoms with Gasteiger partial charge in [-0.05, 0) is 35.9 Å². The van der Waals surface area contributed by atoms with E-state index in [0.717, 1.165) is 18.7 Å². The van der Waals surface area contributed by atoms with Gasteiger partial charge >= 0.3 is 5.69 Å². The zero-order valence-corrected chi connectivity index (χ0v) is 10.8. The molecule has 0 aliphatic carbocycles. The maximum absolute atomic E-state index is 13.2. The van der Waals surface area contributed by atoms with E-state index >= 15 is 0 Å². The summed E-state index contributed by atoms with van der Waals surface area (Å²) in [5.41, 5.74) is -0.247. The van der Waals surface area contributed by atoms with Crippen LogP contribution in [0.4, 0.5) is 10.1 Å². The molecule has 0 heterocycles. The molecule has 94 valence electrons. The first-order valence-electron chi connectivity index (χ1n) is 4.97. The first-order valence-corrected chi connectivity index (χ1v) is 5.76. The molecule has 0 amide bonds. The fraction of sp³-hybridized carbons (Fsp3) is 0.400. The van der Waals surface area contributed by atoms with Crippen LogP contribution in [0, 0.1) is 15.9 Å². The van der Waals surface area contributed by atoms with Crippen molar-refractivity contribution in [3.63, 3.8) is 0 Å². The highest BCUT2D eigenvalue weighted by atomic mass is 79.9. The molecule has 7 heteroatoms. The standard InChI is InChI=1S/C10H12BrFN2O3/c1-13-3-2-4-17-10-6-8(12)7(11)5-9(10)14(15)16/h5-6,13H,2-4H2,1H3. The predicted octanol–water partition coefficient (Wildman–Crippen LogP) is 2.48. The molecule has 0 unspecified atom stereocenters. The van der Waals surface area contributed by atoms with Crippen molar-refractivity contribution in [2.75, 3.05) is 20.2 Å². The van der Waals surface area contributed by atoms with Crippen LogP contribution in [0.5, 0.6) is 5.75 Å². The Morgan fingerprint density at radius 1 is 1.59 bits per heavy atom. The number of halogens is 2. The minimum atomic E-state index is -0.600. The highest BCUT2D eigenvalue weighted by Gasteiger charge is 2.18. The Hall–Kier alpha value is -1.21. The van der Waals surface area contributed by atoms with Gasteiger partial charge in [0.15, 0.2) is 5.75 Å². The molecule has 0 radical (unpaired) electrons. The summed E-state index contributed by atoms with van der Waals surface area (Å²) < 4.78 is 18.5. The summed E-state index contributed by atoms with van der Waals surface area (Å²) in [5.74, 6) is -0.633. The van der Waals surface area contributed by atoms with E-state index in [1.54, 1.807) is 7.05 Å². The Kier molecular flexibility index (Phi) is 5.30. The van der Waals surface area contributed by atoms with E-state index < -0.39 is 10.7 Å². The van der Waals surface area contributed by atoms with E-state index in [1.807, 2.05) is 0 Å². The third kappa shape index (κ3) is 3.94. The molecule has 0 saturated heterocycles. The lowest BCUT2D eigenvalue weighted by Crippen LogP contribution is -2.12. The predicted molar refractivity (Wildman–Crippen MR) is 64.8 cm³/mol. The molecule has 0 fully saturated rings. The monoisotopic (exact) mass is 306 g/mol. The second-order valence-corrected chi connectivity index (χ2v) is 4.15. The Morgan fingerprint density at radius 3 is 2.88 bits per heavy atom. The summed E-state index contributed by atoms with van der Waals surface area (Å²) in [7, 11) is 1.79. The largest absolute Gasteiger partial charge is 0.487 e. The maximum Gasteiger partial charge on any atom is 0.312 e. The van der Waals surface area contributed by atoms with Crippen LogP contribution in [0.3, 0.4) is 0 Å². The minimum Gasteiger partial charge on any atom is -0.487 e. The van der Waals surface area contributed by atoms with Gasteiger partial charge in [-0.2, -0.15) is 0 Å². The van der Waals surface area contributed by atoms with E-state index in [-0.39, 0.29) is 15.9 Å². The van der Waals surface area contributed by atoms with Gasteiger partial charge in [0.05, 0.1) is 16.0 Å². The van der Waals surface area contributed by atoms with Gasteiger partial charge in [0.25, 0.3) is 0 Å². The SMILES string of the molecule is CNCCCOc1cc(F)c(Br)cc1[N+](=O)[O-]. The highest BCUT2D eigenvalue weighted by molar-refractivity contribution is 9.10. The van der Waals surface area contributed by atoms with Crippen molar-refractivity contribution in [1.82, 2.24) is 5.32 Å². The Balaban J connectivity index is 2.81. The molecule has 0 saturated carbocycles. The second-order valence-electron chi connectivity index (χ2n) is 3.30. The molecule has 0 aliphatic heterocycles. The van der Waals surface area contributed by atoms with Crippen molar-refractivity contribution in [2.24, 2.45) is 0 Å². The van der Waals surface area contributed by atoms with E-state index in [4.69, 9.17) is 4.74 Å². The van der Waals surface area contributed by atoms with E-state index in [0.29, 0.717) is 13.0 Å². The lowest BCUT2D eigenvalue weighted by Gasteiger charge is -2.07. The molecule has 0 aliphatic rings. The van der Waals surface area contributed by atoms with Crippen molar-refractivity contribution in [1.29, 1.82) is 0 Å². The minimum absolute atomic E-state index is 0.0479. The Labute approximate surface area is 106 Å². The van der Waals surface area contributed by atoms with Crippen LogP contribution in [0.15, 0.2) is 16.6 Å². The van der Waals surface area contributed by atoms with Gasteiger partial charge in [-0.3, -0.25) is 10.1 Å². The maximum atomic E-state index is 13.2. The zero-order valence-electron chi connectivity index (χ0n) is 9.20. The lowest BCUT2D eigenvalue weighted by atomic mass is 10.3. The molecule has 0 atom stereocenters. The molecule has 1 aromatic rings. The molecular formula is C10H12BrFN2O3. The molecule has 5 nitrogen and oxygen atoms in total. The average Bonchev–Trinajstić information content (AvgIpc) is 2.28. The lowest BCUT2D eigenvalue weighted by molar-refractivity contribution is -0.386. The van der Waals surface area contributed by atoms with Gasteiger partial charge in [0.2, 0.25) is 0 Å². The number of ether oxygens (including phenoxy) is 1. The van der Waals surface area contributed by atoms with Gasteiger partial charge in [-0.25, -0.2) is 4.39 Å². The number of hydrogen-bond acceptors (Lipinski definition) is 4. The number of nitro groups is 1.